The SMILES string of the molecule is C=CCN1Cc2ccc(CN(C)c3nc(=O)c4c(OC)c(OC)c(OC)cc4[nH]3)cc2C1. The van der Waals surface area contributed by atoms with Crippen LogP contribution in [0.15, 0.2) is 41.7 Å². The fraction of sp³-hybridized carbons (Fsp3) is 0.333. The van der Waals surface area contributed by atoms with Gasteiger partial charge in [-0.05, 0) is 16.7 Å². The van der Waals surface area contributed by atoms with Crippen LogP contribution in [0.1, 0.15) is 16.7 Å². The lowest BCUT2D eigenvalue weighted by molar-refractivity contribution is 0.317. The Morgan fingerprint density at radius 2 is 1.88 bits per heavy atom. The maximum atomic E-state index is 12.9. The van der Waals surface area contributed by atoms with Crippen molar-refractivity contribution in [2.45, 2.75) is 19.6 Å². The van der Waals surface area contributed by atoms with Gasteiger partial charge in [0.15, 0.2) is 11.5 Å². The Hall–Kier alpha value is -3.52. The summed E-state index contributed by atoms with van der Waals surface area (Å²) in [5.41, 5.74) is 4.00. The maximum absolute atomic E-state index is 12.9. The Labute approximate surface area is 187 Å². The number of benzene rings is 2. The first kappa shape index (κ1) is 21.7. The van der Waals surface area contributed by atoms with Crippen LogP contribution in [0, 0.1) is 0 Å². The lowest BCUT2D eigenvalue weighted by Gasteiger charge is -2.20. The second kappa shape index (κ2) is 8.92. The summed E-state index contributed by atoms with van der Waals surface area (Å²) in [6.45, 7) is 7.18. The van der Waals surface area contributed by atoms with Gasteiger partial charge in [-0.2, -0.15) is 4.98 Å². The van der Waals surface area contributed by atoms with Crippen LogP contribution >= 0.6 is 0 Å². The predicted molar refractivity (Wildman–Crippen MR) is 125 cm³/mol. The zero-order valence-corrected chi connectivity index (χ0v) is 18.9. The van der Waals surface area contributed by atoms with Gasteiger partial charge in [0, 0.05) is 39.3 Å². The van der Waals surface area contributed by atoms with Crippen LogP contribution in [0.5, 0.6) is 17.2 Å². The van der Waals surface area contributed by atoms with Crippen molar-refractivity contribution >= 4 is 16.9 Å². The zero-order valence-electron chi connectivity index (χ0n) is 18.9. The molecule has 4 rings (SSSR count). The van der Waals surface area contributed by atoms with Crippen LogP contribution in [0.3, 0.4) is 0 Å². The van der Waals surface area contributed by atoms with Crippen molar-refractivity contribution in [3.63, 3.8) is 0 Å². The fourth-order valence-electron chi connectivity index (χ4n) is 4.23. The summed E-state index contributed by atoms with van der Waals surface area (Å²) in [6.07, 6.45) is 1.93. The van der Waals surface area contributed by atoms with E-state index in [0.717, 1.165) is 25.2 Å². The van der Waals surface area contributed by atoms with E-state index >= 15 is 0 Å². The minimum absolute atomic E-state index is 0.299. The van der Waals surface area contributed by atoms with Crippen molar-refractivity contribution in [3.8, 4) is 17.2 Å². The topological polar surface area (TPSA) is 79.9 Å². The molecule has 1 N–H and O–H groups in total. The van der Waals surface area contributed by atoms with Gasteiger partial charge in [0.05, 0.1) is 26.8 Å². The van der Waals surface area contributed by atoms with Gasteiger partial charge in [-0.3, -0.25) is 9.69 Å². The zero-order chi connectivity index (χ0) is 22.8. The number of rotatable bonds is 8. The molecular formula is C24H28N4O4. The highest BCUT2D eigenvalue weighted by atomic mass is 16.5. The second-order valence-corrected chi connectivity index (χ2v) is 7.85. The first-order valence-corrected chi connectivity index (χ1v) is 10.4. The maximum Gasteiger partial charge on any atom is 0.286 e. The van der Waals surface area contributed by atoms with Crippen LogP contribution in [0.2, 0.25) is 0 Å². The predicted octanol–water partition coefficient (Wildman–Crippen LogP) is 3.09. The van der Waals surface area contributed by atoms with Crippen LogP contribution in [0.4, 0.5) is 5.95 Å². The Morgan fingerprint density at radius 3 is 2.56 bits per heavy atom. The smallest absolute Gasteiger partial charge is 0.286 e. The average Bonchev–Trinajstić information content (AvgIpc) is 3.19. The summed E-state index contributed by atoms with van der Waals surface area (Å²) in [5, 5.41) is 0.321. The number of methoxy groups -OCH3 is 3. The second-order valence-electron chi connectivity index (χ2n) is 7.85. The van der Waals surface area contributed by atoms with Crippen LogP contribution in [-0.4, -0.2) is 49.8 Å². The van der Waals surface area contributed by atoms with Gasteiger partial charge < -0.3 is 24.1 Å². The minimum atomic E-state index is -0.396. The number of hydrogen-bond donors (Lipinski definition) is 1. The molecule has 168 valence electrons. The molecule has 0 saturated carbocycles. The molecule has 3 aromatic rings. The molecule has 2 aromatic carbocycles. The molecule has 1 aromatic heterocycles. The van der Waals surface area contributed by atoms with Crippen molar-refractivity contribution < 1.29 is 14.2 Å². The van der Waals surface area contributed by atoms with E-state index < -0.39 is 5.56 Å². The molecule has 0 spiro atoms. The van der Waals surface area contributed by atoms with Crippen LogP contribution < -0.4 is 24.7 Å². The van der Waals surface area contributed by atoms with E-state index in [1.165, 1.54) is 25.3 Å². The van der Waals surface area contributed by atoms with Crippen molar-refractivity contribution in [1.29, 1.82) is 0 Å². The number of hydrogen-bond acceptors (Lipinski definition) is 7. The van der Waals surface area contributed by atoms with E-state index in [1.807, 2.05) is 18.0 Å². The summed E-state index contributed by atoms with van der Waals surface area (Å²) in [4.78, 5) is 24.7. The third kappa shape index (κ3) is 3.89. The van der Waals surface area contributed by atoms with Crippen molar-refractivity contribution in [3.05, 3.63) is 64.0 Å². The number of ether oxygens (including phenoxy) is 3. The summed E-state index contributed by atoms with van der Waals surface area (Å²) in [7, 11) is 6.43. The van der Waals surface area contributed by atoms with Gasteiger partial charge >= 0.3 is 0 Å². The van der Waals surface area contributed by atoms with E-state index in [-0.39, 0.29) is 0 Å². The lowest BCUT2D eigenvalue weighted by Crippen LogP contribution is -2.23. The molecule has 0 amide bonds. The molecule has 0 unspecified atom stereocenters. The Morgan fingerprint density at radius 1 is 1.12 bits per heavy atom. The number of anilines is 1. The number of nitrogens with zero attached hydrogens (tertiary/aromatic N) is 3. The monoisotopic (exact) mass is 436 g/mol. The van der Waals surface area contributed by atoms with Gasteiger partial charge in [-0.15, -0.1) is 6.58 Å². The minimum Gasteiger partial charge on any atom is -0.493 e. The molecular weight excluding hydrogens is 408 g/mol. The highest BCUT2D eigenvalue weighted by Gasteiger charge is 2.21. The molecule has 1 aliphatic heterocycles. The van der Waals surface area contributed by atoms with E-state index in [0.29, 0.717) is 40.6 Å². The third-order valence-corrected chi connectivity index (χ3v) is 5.72. The molecule has 8 nitrogen and oxygen atoms in total. The fourth-order valence-corrected chi connectivity index (χ4v) is 4.23. The van der Waals surface area contributed by atoms with Crippen molar-refractivity contribution in [2.75, 3.05) is 39.8 Å². The molecule has 0 fully saturated rings. The van der Waals surface area contributed by atoms with Gasteiger partial charge in [0.25, 0.3) is 5.56 Å². The first-order valence-electron chi connectivity index (χ1n) is 10.4. The first-order chi connectivity index (χ1) is 15.5. The number of aromatic nitrogens is 2. The van der Waals surface area contributed by atoms with Gasteiger partial charge in [-0.1, -0.05) is 24.3 Å². The van der Waals surface area contributed by atoms with Gasteiger partial charge in [0.1, 0.15) is 5.39 Å². The number of nitrogens with one attached hydrogen (secondary N) is 1. The van der Waals surface area contributed by atoms with E-state index in [2.05, 4.69) is 39.6 Å². The lowest BCUT2D eigenvalue weighted by atomic mass is 10.1. The normalized spacial score (nSPS) is 13.1. The van der Waals surface area contributed by atoms with Crippen molar-refractivity contribution in [1.82, 2.24) is 14.9 Å². The van der Waals surface area contributed by atoms with E-state index in [4.69, 9.17) is 14.2 Å². The molecule has 0 radical (unpaired) electrons. The molecule has 0 saturated heterocycles. The molecule has 1 aliphatic rings. The third-order valence-electron chi connectivity index (χ3n) is 5.72. The van der Waals surface area contributed by atoms with Gasteiger partial charge in [0.2, 0.25) is 11.7 Å². The number of aromatic amines is 1. The van der Waals surface area contributed by atoms with E-state index in [9.17, 15) is 4.79 Å². The average molecular weight is 437 g/mol. The van der Waals surface area contributed by atoms with Crippen molar-refractivity contribution in [2.24, 2.45) is 0 Å². The van der Waals surface area contributed by atoms with Crippen LogP contribution in [0.25, 0.3) is 10.9 Å². The standard InChI is InChI=1S/C24H28N4O4/c1-6-9-28-13-16-8-7-15(10-17(16)14-28)12-27(2)24-25-18-11-19(30-3)21(31-4)22(32-5)20(18)23(29)26-24/h6-8,10-11H,1,9,12-14H2,2-5H3,(H,25,26,29). The molecule has 0 atom stereocenters. The molecule has 32 heavy (non-hydrogen) atoms. The summed E-state index contributed by atoms with van der Waals surface area (Å²) in [6, 6.07) is 8.26. The van der Waals surface area contributed by atoms with E-state index in [1.54, 1.807) is 13.2 Å². The summed E-state index contributed by atoms with van der Waals surface area (Å²) in [5.74, 6) is 1.59. The Balaban J connectivity index is 1.65. The number of H-pyrrole nitrogens is 1. The highest BCUT2D eigenvalue weighted by Crippen LogP contribution is 2.41. The molecule has 0 bridgehead atoms. The summed E-state index contributed by atoms with van der Waals surface area (Å²) >= 11 is 0. The van der Waals surface area contributed by atoms with Gasteiger partial charge in [-0.25, -0.2) is 0 Å². The van der Waals surface area contributed by atoms with Crippen LogP contribution in [-0.2, 0) is 19.6 Å². The molecule has 0 aliphatic carbocycles. The highest BCUT2D eigenvalue weighted by molar-refractivity contribution is 5.90. The Bertz CT molecular complexity index is 1220. The molecule has 2 heterocycles. The largest absolute Gasteiger partial charge is 0.493 e. The summed E-state index contributed by atoms with van der Waals surface area (Å²) < 4.78 is 16.3. The molecule has 8 heteroatoms. The number of fused-ring (bicyclic) bond motifs is 2. The quantitative estimate of drug-likeness (QED) is 0.544. The Kier molecular flexibility index (Phi) is 6.05.